The van der Waals surface area contributed by atoms with Gasteiger partial charge < -0.3 is 15.4 Å². The summed E-state index contributed by atoms with van der Waals surface area (Å²) < 4.78 is 0. The van der Waals surface area contributed by atoms with Gasteiger partial charge in [-0.2, -0.15) is 0 Å². The lowest BCUT2D eigenvalue weighted by atomic mass is 10.0. The molecule has 0 radical (unpaired) electrons. The number of aromatic amines is 1. The lowest BCUT2D eigenvalue weighted by Gasteiger charge is -2.18. The number of hydrogen-bond donors (Lipinski definition) is 3. The Morgan fingerprint density at radius 2 is 1.96 bits per heavy atom. The molecule has 4 heteroatoms. The van der Waals surface area contributed by atoms with Gasteiger partial charge in [0.1, 0.15) is 0 Å². The highest BCUT2D eigenvalue weighted by Gasteiger charge is 2.15. The highest BCUT2D eigenvalue weighted by molar-refractivity contribution is 5.98. The third-order valence-corrected chi connectivity index (χ3v) is 3.96. The maximum atomic E-state index is 12.3. The average Bonchev–Trinajstić information content (AvgIpc) is 3.03. The second-order valence-corrected chi connectivity index (χ2v) is 5.82. The molecular weight excluding hydrogens is 288 g/mol. The summed E-state index contributed by atoms with van der Waals surface area (Å²) in [5.74, 6) is -0.130. The van der Waals surface area contributed by atoms with Crippen molar-refractivity contribution in [3.8, 4) is 0 Å². The van der Waals surface area contributed by atoms with Gasteiger partial charge >= 0.3 is 0 Å². The highest BCUT2D eigenvalue weighted by Crippen LogP contribution is 2.18. The van der Waals surface area contributed by atoms with E-state index in [0.29, 0.717) is 12.0 Å². The van der Waals surface area contributed by atoms with Crippen molar-refractivity contribution >= 4 is 16.8 Å². The van der Waals surface area contributed by atoms with Gasteiger partial charge in [-0.15, -0.1) is 0 Å². The van der Waals surface area contributed by atoms with Crippen molar-refractivity contribution in [2.45, 2.75) is 25.5 Å². The molecule has 3 aromatic rings. The number of carbonyl (C=O) groups is 1. The third kappa shape index (κ3) is 3.60. The van der Waals surface area contributed by atoms with Crippen LogP contribution in [0.2, 0.25) is 0 Å². The van der Waals surface area contributed by atoms with E-state index in [2.05, 4.69) is 10.3 Å². The van der Waals surface area contributed by atoms with Crippen LogP contribution in [0.25, 0.3) is 10.9 Å². The molecule has 2 unspecified atom stereocenters. The van der Waals surface area contributed by atoms with Crippen LogP contribution in [0, 0.1) is 0 Å². The number of aliphatic hydroxyl groups excluding tert-OH is 1. The van der Waals surface area contributed by atoms with Crippen LogP contribution >= 0.6 is 0 Å². The van der Waals surface area contributed by atoms with Crippen molar-refractivity contribution in [2.75, 3.05) is 0 Å². The Morgan fingerprint density at radius 1 is 1.17 bits per heavy atom. The van der Waals surface area contributed by atoms with Gasteiger partial charge in [0.25, 0.3) is 5.91 Å². The number of carbonyl (C=O) groups excluding carboxylic acids is 1. The van der Waals surface area contributed by atoms with Crippen molar-refractivity contribution in [3.05, 3.63) is 71.9 Å². The maximum absolute atomic E-state index is 12.3. The molecule has 4 nitrogen and oxygen atoms in total. The van der Waals surface area contributed by atoms with Gasteiger partial charge in [-0.1, -0.05) is 36.4 Å². The van der Waals surface area contributed by atoms with Crippen LogP contribution in [-0.2, 0) is 0 Å². The van der Waals surface area contributed by atoms with Gasteiger partial charge in [0.2, 0.25) is 0 Å². The smallest absolute Gasteiger partial charge is 0.251 e. The van der Waals surface area contributed by atoms with Gasteiger partial charge in [-0.3, -0.25) is 4.79 Å². The Morgan fingerprint density at radius 3 is 2.74 bits per heavy atom. The minimum atomic E-state index is -0.586. The summed E-state index contributed by atoms with van der Waals surface area (Å²) in [6.45, 7) is 1.90. The lowest BCUT2D eigenvalue weighted by molar-refractivity contribution is 0.0917. The van der Waals surface area contributed by atoms with Crippen molar-refractivity contribution in [1.29, 1.82) is 0 Å². The van der Waals surface area contributed by atoms with E-state index in [1.54, 1.807) is 0 Å². The molecule has 0 fully saturated rings. The van der Waals surface area contributed by atoms with E-state index in [-0.39, 0.29) is 11.9 Å². The normalized spacial score (nSPS) is 13.7. The molecule has 118 valence electrons. The molecule has 3 N–H and O–H groups in total. The zero-order valence-electron chi connectivity index (χ0n) is 13.0. The minimum Gasteiger partial charge on any atom is -0.388 e. The fourth-order valence-electron chi connectivity index (χ4n) is 2.70. The highest BCUT2D eigenvalue weighted by atomic mass is 16.3. The number of aliphatic hydroxyl groups is 1. The Kier molecular flexibility index (Phi) is 4.44. The molecule has 0 saturated heterocycles. The van der Waals surface area contributed by atoms with Crippen LogP contribution in [0.3, 0.4) is 0 Å². The van der Waals surface area contributed by atoms with Crippen molar-refractivity contribution in [1.82, 2.24) is 10.3 Å². The largest absolute Gasteiger partial charge is 0.388 e. The Bertz CT molecular complexity index is 795. The van der Waals surface area contributed by atoms with Crippen LogP contribution in [-0.4, -0.2) is 22.0 Å². The summed E-state index contributed by atoms with van der Waals surface area (Å²) in [7, 11) is 0. The topological polar surface area (TPSA) is 65.1 Å². The van der Waals surface area contributed by atoms with Crippen LogP contribution in [0.4, 0.5) is 0 Å². The molecule has 23 heavy (non-hydrogen) atoms. The molecule has 2 aromatic carbocycles. The molecule has 2 atom stereocenters. The summed E-state index contributed by atoms with van der Waals surface area (Å²) in [6, 6.07) is 16.9. The zero-order chi connectivity index (χ0) is 16.2. The molecule has 1 amide bonds. The molecule has 0 saturated carbocycles. The fraction of sp³-hybridized carbons (Fsp3) is 0.211. The van der Waals surface area contributed by atoms with E-state index >= 15 is 0 Å². The lowest BCUT2D eigenvalue weighted by Crippen LogP contribution is -2.33. The summed E-state index contributed by atoms with van der Waals surface area (Å²) in [6.07, 6.45) is 1.74. The van der Waals surface area contributed by atoms with E-state index in [0.717, 1.165) is 16.5 Å². The molecule has 1 aromatic heterocycles. The van der Waals surface area contributed by atoms with Crippen LogP contribution < -0.4 is 5.32 Å². The van der Waals surface area contributed by atoms with Gasteiger partial charge in [-0.25, -0.2) is 0 Å². The number of H-pyrrole nitrogens is 1. The maximum Gasteiger partial charge on any atom is 0.251 e. The predicted molar refractivity (Wildman–Crippen MR) is 91.2 cm³/mol. The minimum absolute atomic E-state index is 0.128. The first kappa shape index (κ1) is 15.3. The van der Waals surface area contributed by atoms with Gasteiger partial charge in [0.05, 0.1) is 6.10 Å². The zero-order valence-corrected chi connectivity index (χ0v) is 13.0. The van der Waals surface area contributed by atoms with Crippen LogP contribution in [0.5, 0.6) is 0 Å². The number of nitrogens with one attached hydrogen (secondary N) is 2. The van der Waals surface area contributed by atoms with Crippen molar-refractivity contribution in [2.24, 2.45) is 0 Å². The Hall–Kier alpha value is -2.59. The Labute approximate surface area is 135 Å². The van der Waals surface area contributed by atoms with Crippen LogP contribution in [0.1, 0.15) is 35.4 Å². The third-order valence-electron chi connectivity index (χ3n) is 3.96. The van der Waals surface area contributed by atoms with E-state index in [4.69, 9.17) is 0 Å². The monoisotopic (exact) mass is 308 g/mol. The van der Waals surface area contributed by atoms with Gasteiger partial charge in [0.15, 0.2) is 0 Å². The predicted octanol–water partition coefficient (Wildman–Crippen LogP) is 3.41. The van der Waals surface area contributed by atoms with E-state index < -0.39 is 6.10 Å². The quantitative estimate of drug-likeness (QED) is 0.676. The second kappa shape index (κ2) is 6.67. The standard InChI is InChI=1S/C19H20N2O2/c1-13(11-18(22)15-5-3-2-4-6-15)21-19(23)16-8-7-14-9-10-20-17(14)12-16/h2-10,12-13,18,20,22H,11H2,1H3,(H,21,23). The first-order chi connectivity index (χ1) is 11.1. The van der Waals surface area contributed by atoms with Crippen LogP contribution in [0.15, 0.2) is 60.8 Å². The van der Waals surface area contributed by atoms with Crippen molar-refractivity contribution < 1.29 is 9.90 Å². The number of amides is 1. The molecule has 3 rings (SSSR count). The summed E-state index contributed by atoms with van der Waals surface area (Å²) in [5.41, 5.74) is 2.41. The van der Waals surface area contributed by atoms with Crippen molar-refractivity contribution in [3.63, 3.8) is 0 Å². The van der Waals surface area contributed by atoms with E-state index in [1.165, 1.54) is 0 Å². The fourth-order valence-corrected chi connectivity index (χ4v) is 2.70. The molecule has 0 spiro atoms. The molecule has 1 heterocycles. The van der Waals surface area contributed by atoms with E-state index in [9.17, 15) is 9.90 Å². The van der Waals surface area contributed by atoms with E-state index in [1.807, 2.05) is 67.7 Å². The number of hydrogen-bond acceptors (Lipinski definition) is 2. The first-order valence-corrected chi connectivity index (χ1v) is 7.74. The average molecular weight is 308 g/mol. The molecule has 0 aliphatic heterocycles. The number of aromatic nitrogens is 1. The molecule has 0 bridgehead atoms. The van der Waals surface area contributed by atoms with Gasteiger partial charge in [-0.05, 0) is 42.5 Å². The summed E-state index contributed by atoms with van der Waals surface area (Å²) in [4.78, 5) is 15.4. The van der Waals surface area contributed by atoms with Gasteiger partial charge in [0, 0.05) is 23.3 Å². The molecule has 0 aliphatic rings. The second-order valence-electron chi connectivity index (χ2n) is 5.82. The summed E-state index contributed by atoms with van der Waals surface area (Å²) >= 11 is 0. The molecular formula is C19H20N2O2. The SMILES string of the molecule is CC(CC(O)c1ccccc1)NC(=O)c1ccc2cc[nH]c2c1. The first-order valence-electron chi connectivity index (χ1n) is 7.74. The number of benzene rings is 2. The summed E-state index contributed by atoms with van der Waals surface area (Å²) in [5, 5.41) is 14.3. The Balaban J connectivity index is 1.62. The molecule has 0 aliphatic carbocycles. The number of fused-ring (bicyclic) bond motifs is 1. The number of rotatable bonds is 5.